The topological polar surface area (TPSA) is 74.6 Å². The SMILES string of the molecule is CCCCCCCCCC(O)(CC)S(=O)(=O)O. The van der Waals surface area contributed by atoms with E-state index in [1.165, 1.54) is 19.3 Å². The van der Waals surface area contributed by atoms with Gasteiger partial charge in [-0.25, -0.2) is 0 Å². The summed E-state index contributed by atoms with van der Waals surface area (Å²) in [6.07, 6.45) is 7.57. The van der Waals surface area contributed by atoms with Crippen LogP contribution in [-0.2, 0) is 10.1 Å². The van der Waals surface area contributed by atoms with Crippen LogP contribution in [0.1, 0.15) is 71.6 Å². The maximum atomic E-state index is 11.0. The van der Waals surface area contributed by atoms with Crippen molar-refractivity contribution in [2.75, 3.05) is 0 Å². The maximum absolute atomic E-state index is 11.0. The van der Waals surface area contributed by atoms with Gasteiger partial charge in [-0.3, -0.25) is 4.55 Å². The Morgan fingerprint density at radius 2 is 1.41 bits per heavy atom. The molecule has 0 bridgehead atoms. The van der Waals surface area contributed by atoms with E-state index < -0.39 is 15.1 Å². The Kier molecular flexibility index (Phi) is 8.00. The van der Waals surface area contributed by atoms with Crippen molar-refractivity contribution in [2.45, 2.75) is 76.6 Å². The van der Waals surface area contributed by atoms with E-state index in [1.807, 2.05) is 0 Å². The number of hydrogen-bond acceptors (Lipinski definition) is 3. The molecule has 0 aliphatic carbocycles. The molecule has 4 nitrogen and oxygen atoms in total. The Hall–Kier alpha value is -0.130. The molecule has 0 radical (unpaired) electrons. The molecule has 0 aliphatic rings. The monoisotopic (exact) mass is 266 g/mol. The number of hydrogen-bond donors (Lipinski definition) is 2. The molecule has 0 aliphatic heterocycles. The first-order valence-corrected chi connectivity index (χ1v) is 8.01. The lowest BCUT2D eigenvalue weighted by molar-refractivity contribution is 0.0965. The highest BCUT2D eigenvalue weighted by atomic mass is 32.2. The normalized spacial score (nSPS) is 15.8. The standard InChI is InChI=1S/C12H26O4S/c1-3-5-6-7-8-9-10-11-12(13,4-2)17(14,15)16/h13H,3-11H2,1-2H3,(H,14,15,16). The van der Waals surface area contributed by atoms with Gasteiger partial charge in [-0.1, -0.05) is 52.4 Å². The van der Waals surface area contributed by atoms with Crippen molar-refractivity contribution in [3.05, 3.63) is 0 Å². The molecule has 1 atom stereocenters. The van der Waals surface area contributed by atoms with Crippen LogP contribution in [0.15, 0.2) is 0 Å². The van der Waals surface area contributed by atoms with Gasteiger partial charge < -0.3 is 5.11 Å². The molecular weight excluding hydrogens is 240 g/mol. The van der Waals surface area contributed by atoms with Gasteiger partial charge in [-0.2, -0.15) is 8.42 Å². The Balaban J connectivity index is 3.79. The summed E-state index contributed by atoms with van der Waals surface area (Å²) in [7, 11) is -4.36. The number of rotatable bonds is 10. The minimum Gasteiger partial charge on any atom is -0.372 e. The number of unbranched alkanes of at least 4 members (excludes halogenated alkanes) is 6. The lowest BCUT2D eigenvalue weighted by Crippen LogP contribution is -2.37. The highest BCUT2D eigenvalue weighted by Gasteiger charge is 2.37. The molecule has 104 valence electrons. The molecule has 0 aromatic rings. The summed E-state index contributed by atoms with van der Waals surface area (Å²) in [4.78, 5) is -1.95. The molecule has 0 saturated heterocycles. The van der Waals surface area contributed by atoms with Gasteiger partial charge >= 0.3 is 0 Å². The van der Waals surface area contributed by atoms with Crippen molar-refractivity contribution in [1.29, 1.82) is 0 Å². The molecule has 0 aromatic heterocycles. The zero-order valence-corrected chi connectivity index (χ0v) is 11.8. The van der Waals surface area contributed by atoms with Crippen LogP contribution in [-0.4, -0.2) is 23.0 Å². The molecule has 0 amide bonds. The Bertz CT molecular complexity index is 287. The molecule has 2 N–H and O–H groups in total. The van der Waals surface area contributed by atoms with Crippen LogP contribution in [0.2, 0.25) is 0 Å². The summed E-state index contributed by atoms with van der Waals surface area (Å²) in [5, 5.41) is 9.76. The van der Waals surface area contributed by atoms with Crippen LogP contribution >= 0.6 is 0 Å². The van der Waals surface area contributed by atoms with Crippen molar-refractivity contribution in [2.24, 2.45) is 0 Å². The summed E-state index contributed by atoms with van der Waals surface area (Å²) in [6.45, 7) is 3.72. The Morgan fingerprint density at radius 1 is 0.941 bits per heavy atom. The quantitative estimate of drug-likeness (QED) is 0.470. The van der Waals surface area contributed by atoms with E-state index >= 15 is 0 Å². The molecule has 1 unspecified atom stereocenters. The predicted octanol–water partition coefficient (Wildman–Crippen LogP) is 3.11. The fourth-order valence-corrected chi connectivity index (χ4v) is 2.61. The van der Waals surface area contributed by atoms with E-state index in [9.17, 15) is 13.5 Å². The van der Waals surface area contributed by atoms with Gasteiger partial charge in [-0.15, -0.1) is 0 Å². The summed E-state index contributed by atoms with van der Waals surface area (Å²) < 4.78 is 30.9. The van der Waals surface area contributed by atoms with Gasteiger partial charge in [0.05, 0.1) is 0 Å². The molecule has 17 heavy (non-hydrogen) atoms. The zero-order chi connectivity index (χ0) is 13.4. The van der Waals surface area contributed by atoms with Crippen molar-refractivity contribution in [3.8, 4) is 0 Å². The van der Waals surface area contributed by atoms with E-state index in [0.717, 1.165) is 19.3 Å². The van der Waals surface area contributed by atoms with Gasteiger partial charge in [0, 0.05) is 0 Å². The second-order valence-corrected chi connectivity index (χ2v) is 6.36. The summed E-state index contributed by atoms with van der Waals surface area (Å²) in [5.74, 6) is 0. The smallest absolute Gasteiger partial charge is 0.294 e. The van der Waals surface area contributed by atoms with Crippen LogP contribution in [0.5, 0.6) is 0 Å². The third-order valence-corrected chi connectivity index (χ3v) is 4.66. The van der Waals surface area contributed by atoms with Crippen molar-refractivity contribution < 1.29 is 18.1 Å². The summed E-state index contributed by atoms with van der Waals surface area (Å²) in [6, 6.07) is 0. The van der Waals surface area contributed by atoms with Gasteiger partial charge in [0.15, 0.2) is 4.93 Å². The van der Waals surface area contributed by atoms with Crippen molar-refractivity contribution in [1.82, 2.24) is 0 Å². The average Bonchev–Trinajstić information content (AvgIpc) is 2.26. The highest BCUT2D eigenvalue weighted by Crippen LogP contribution is 2.24. The second-order valence-electron chi connectivity index (χ2n) is 4.65. The summed E-state index contributed by atoms with van der Waals surface area (Å²) in [5.41, 5.74) is 0. The van der Waals surface area contributed by atoms with Crippen LogP contribution in [0.4, 0.5) is 0 Å². The van der Waals surface area contributed by atoms with Gasteiger partial charge in [0.2, 0.25) is 0 Å². The van der Waals surface area contributed by atoms with Crippen LogP contribution < -0.4 is 0 Å². The van der Waals surface area contributed by atoms with E-state index in [-0.39, 0.29) is 12.8 Å². The van der Waals surface area contributed by atoms with Crippen molar-refractivity contribution >= 4 is 10.1 Å². The molecule has 0 saturated carbocycles. The Morgan fingerprint density at radius 3 is 1.82 bits per heavy atom. The van der Waals surface area contributed by atoms with E-state index in [2.05, 4.69) is 6.92 Å². The molecule has 0 aromatic carbocycles. The van der Waals surface area contributed by atoms with Crippen LogP contribution in [0.3, 0.4) is 0 Å². The van der Waals surface area contributed by atoms with E-state index in [0.29, 0.717) is 6.42 Å². The molecule has 5 heteroatoms. The van der Waals surface area contributed by atoms with Gasteiger partial charge in [-0.05, 0) is 19.3 Å². The zero-order valence-electron chi connectivity index (χ0n) is 11.0. The molecular formula is C12H26O4S. The molecule has 0 spiro atoms. The van der Waals surface area contributed by atoms with Crippen LogP contribution in [0.25, 0.3) is 0 Å². The third kappa shape index (κ3) is 6.38. The molecule has 0 heterocycles. The first-order valence-electron chi connectivity index (χ1n) is 6.56. The average molecular weight is 266 g/mol. The van der Waals surface area contributed by atoms with Crippen molar-refractivity contribution in [3.63, 3.8) is 0 Å². The van der Waals surface area contributed by atoms with E-state index in [4.69, 9.17) is 4.55 Å². The predicted molar refractivity (Wildman–Crippen MR) is 69.4 cm³/mol. The lowest BCUT2D eigenvalue weighted by Gasteiger charge is -2.22. The molecule has 0 rings (SSSR count). The fraction of sp³-hybridized carbons (Fsp3) is 1.00. The van der Waals surface area contributed by atoms with Gasteiger partial charge in [0.1, 0.15) is 0 Å². The van der Waals surface area contributed by atoms with E-state index in [1.54, 1.807) is 6.92 Å². The highest BCUT2D eigenvalue weighted by molar-refractivity contribution is 7.87. The number of aliphatic hydroxyl groups is 1. The fourth-order valence-electron chi connectivity index (χ4n) is 1.85. The summed E-state index contributed by atoms with van der Waals surface area (Å²) >= 11 is 0. The van der Waals surface area contributed by atoms with Crippen LogP contribution in [0, 0.1) is 0 Å². The van der Waals surface area contributed by atoms with Gasteiger partial charge in [0.25, 0.3) is 10.1 Å². The third-order valence-electron chi connectivity index (χ3n) is 3.20. The first-order chi connectivity index (χ1) is 7.87. The second kappa shape index (κ2) is 8.06. The maximum Gasteiger partial charge on any atom is 0.294 e. The first kappa shape index (κ1) is 16.9. The minimum atomic E-state index is -4.36. The lowest BCUT2D eigenvalue weighted by atomic mass is 10.1. The Labute approximate surface area is 105 Å². The minimum absolute atomic E-state index is 0.0294. The largest absolute Gasteiger partial charge is 0.372 e. The molecule has 0 fully saturated rings.